The molecule has 1 unspecified atom stereocenters. The van der Waals surface area contributed by atoms with Crippen LogP contribution >= 0.6 is 0 Å². The maximum Gasteiger partial charge on any atom is 0.330 e. The van der Waals surface area contributed by atoms with Crippen molar-refractivity contribution in [1.29, 1.82) is 0 Å². The molecule has 1 atom stereocenters. The number of aliphatic hydroxyl groups is 1. The molecule has 82 valence electrons. The molecular weight excluding hydrogens is 182 g/mol. The first kappa shape index (κ1) is 13.1. The second-order valence-corrected chi connectivity index (χ2v) is 4.12. The first-order valence-electron chi connectivity index (χ1n) is 4.57. The van der Waals surface area contributed by atoms with Crippen molar-refractivity contribution in [2.75, 3.05) is 13.2 Å². The van der Waals surface area contributed by atoms with Crippen LogP contribution in [0, 0.1) is 0 Å². The van der Waals surface area contributed by atoms with Gasteiger partial charge in [0.15, 0.2) is 0 Å². The van der Waals surface area contributed by atoms with Crippen molar-refractivity contribution in [3.8, 4) is 0 Å². The summed E-state index contributed by atoms with van der Waals surface area (Å²) in [5.41, 5.74) is -0.0522. The molecule has 0 aromatic heterocycles. The van der Waals surface area contributed by atoms with Crippen molar-refractivity contribution in [2.45, 2.75) is 32.4 Å². The maximum atomic E-state index is 10.6. The number of esters is 1. The van der Waals surface area contributed by atoms with E-state index in [2.05, 4.69) is 16.6 Å². The fourth-order valence-corrected chi connectivity index (χ4v) is 0.720. The van der Waals surface area contributed by atoms with Crippen molar-refractivity contribution in [3.05, 3.63) is 12.7 Å². The molecule has 0 aliphatic heterocycles. The summed E-state index contributed by atoms with van der Waals surface area (Å²) in [6.45, 7) is 9.63. The van der Waals surface area contributed by atoms with Gasteiger partial charge < -0.3 is 15.2 Å². The second kappa shape index (κ2) is 5.78. The van der Waals surface area contributed by atoms with Crippen LogP contribution in [-0.4, -0.2) is 35.9 Å². The monoisotopic (exact) mass is 201 g/mol. The van der Waals surface area contributed by atoms with Crippen LogP contribution in [0.5, 0.6) is 0 Å². The van der Waals surface area contributed by atoms with E-state index in [0.717, 1.165) is 6.08 Å². The third-order valence-corrected chi connectivity index (χ3v) is 1.45. The predicted molar refractivity (Wildman–Crippen MR) is 54.9 cm³/mol. The molecule has 4 heteroatoms. The Bertz CT molecular complexity index is 196. The third-order valence-electron chi connectivity index (χ3n) is 1.45. The highest BCUT2D eigenvalue weighted by atomic mass is 16.5. The largest absolute Gasteiger partial charge is 0.460 e. The maximum absolute atomic E-state index is 10.6. The molecule has 0 amide bonds. The molecule has 0 heterocycles. The minimum absolute atomic E-state index is 0.00602. The van der Waals surface area contributed by atoms with Gasteiger partial charge in [0.2, 0.25) is 0 Å². The first-order valence-corrected chi connectivity index (χ1v) is 4.57. The Balaban J connectivity index is 3.61. The highest BCUT2D eigenvalue weighted by molar-refractivity contribution is 5.81. The van der Waals surface area contributed by atoms with E-state index in [9.17, 15) is 9.90 Å². The lowest BCUT2D eigenvalue weighted by Gasteiger charge is -2.22. The summed E-state index contributed by atoms with van der Waals surface area (Å²) in [6, 6.07) is 0. The number of carbonyl (C=O) groups excluding carboxylic acids is 1. The molecule has 0 fully saturated rings. The Morgan fingerprint density at radius 3 is 2.64 bits per heavy atom. The lowest BCUT2D eigenvalue weighted by molar-refractivity contribution is -0.140. The minimum atomic E-state index is -0.682. The standard InChI is InChI=1S/C10H19NO3/c1-5-9(13)14-7-8(12)6-11-10(2,3)4/h5,8,11-12H,1,6-7H2,2-4H3. The fraction of sp³-hybridized carbons (Fsp3) is 0.700. The van der Waals surface area contributed by atoms with E-state index in [4.69, 9.17) is 0 Å². The van der Waals surface area contributed by atoms with Crippen molar-refractivity contribution < 1.29 is 14.6 Å². The molecule has 0 aliphatic carbocycles. The normalized spacial score (nSPS) is 13.4. The summed E-state index contributed by atoms with van der Waals surface area (Å²) in [5.74, 6) is -0.514. The number of β-amino-alcohol motifs (C(OH)–C–C–N with tert-alkyl or cyclic N) is 1. The van der Waals surface area contributed by atoms with Gasteiger partial charge in [0.05, 0.1) is 0 Å². The molecule has 0 aromatic carbocycles. The lowest BCUT2D eigenvalue weighted by atomic mass is 10.1. The van der Waals surface area contributed by atoms with Crippen molar-refractivity contribution in [1.82, 2.24) is 5.32 Å². The van der Waals surface area contributed by atoms with Gasteiger partial charge in [-0.15, -0.1) is 0 Å². The van der Waals surface area contributed by atoms with E-state index >= 15 is 0 Å². The van der Waals surface area contributed by atoms with E-state index in [0.29, 0.717) is 6.54 Å². The van der Waals surface area contributed by atoms with Gasteiger partial charge in [0.1, 0.15) is 12.7 Å². The quantitative estimate of drug-likeness (QED) is 0.501. The van der Waals surface area contributed by atoms with E-state index in [1.54, 1.807) is 0 Å². The molecule has 4 nitrogen and oxygen atoms in total. The molecular formula is C10H19NO3. The van der Waals surface area contributed by atoms with Gasteiger partial charge in [0.25, 0.3) is 0 Å². The topological polar surface area (TPSA) is 58.6 Å². The first-order chi connectivity index (χ1) is 6.35. The zero-order chi connectivity index (χ0) is 11.2. The smallest absolute Gasteiger partial charge is 0.330 e. The summed E-state index contributed by atoms with van der Waals surface area (Å²) in [7, 11) is 0. The van der Waals surface area contributed by atoms with Crippen LogP contribution in [0.1, 0.15) is 20.8 Å². The molecule has 0 radical (unpaired) electrons. The van der Waals surface area contributed by atoms with Crippen LogP contribution in [-0.2, 0) is 9.53 Å². The molecule has 0 aliphatic rings. The zero-order valence-corrected chi connectivity index (χ0v) is 9.04. The molecule has 0 saturated carbocycles. The fourth-order valence-electron chi connectivity index (χ4n) is 0.720. The third kappa shape index (κ3) is 7.76. The minimum Gasteiger partial charge on any atom is -0.460 e. The van der Waals surface area contributed by atoms with Gasteiger partial charge >= 0.3 is 5.97 Å². The van der Waals surface area contributed by atoms with Gasteiger partial charge in [-0.05, 0) is 20.8 Å². The van der Waals surface area contributed by atoms with E-state index in [1.807, 2.05) is 20.8 Å². The van der Waals surface area contributed by atoms with Crippen molar-refractivity contribution in [2.24, 2.45) is 0 Å². The van der Waals surface area contributed by atoms with Crippen molar-refractivity contribution >= 4 is 5.97 Å². The number of aliphatic hydroxyl groups excluding tert-OH is 1. The molecule has 0 bridgehead atoms. The Kier molecular flexibility index (Phi) is 5.42. The highest BCUT2D eigenvalue weighted by Gasteiger charge is 2.12. The Hall–Kier alpha value is -0.870. The summed E-state index contributed by atoms with van der Waals surface area (Å²) < 4.78 is 4.67. The summed E-state index contributed by atoms with van der Waals surface area (Å²) >= 11 is 0. The molecule has 2 N–H and O–H groups in total. The van der Waals surface area contributed by atoms with Gasteiger partial charge in [-0.3, -0.25) is 0 Å². The average molecular weight is 201 g/mol. The lowest BCUT2D eigenvalue weighted by Crippen LogP contribution is -2.42. The van der Waals surface area contributed by atoms with E-state index in [-0.39, 0.29) is 12.1 Å². The van der Waals surface area contributed by atoms with Crippen molar-refractivity contribution in [3.63, 3.8) is 0 Å². The molecule has 0 saturated heterocycles. The van der Waals surface area contributed by atoms with Crippen LogP contribution in [0.2, 0.25) is 0 Å². The molecule has 14 heavy (non-hydrogen) atoms. The molecule has 0 rings (SSSR count). The Morgan fingerprint density at radius 1 is 1.64 bits per heavy atom. The van der Waals surface area contributed by atoms with Crippen LogP contribution in [0.3, 0.4) is 0 Å². The number of hydrogen-bond acceptors (Lipinski definition) is 4. The van der Waals surface area contributed by atoms with Gasteiger partial charge in [0, 0.05) is 18.2 Å². The van der Waals surface area contributed by atoms with E-state index < -0.39 is 12.1 Å². The predicted octanol–water partition coefficient (Wildman–Crippen LogP) is 0.465. The van der Waals surface area contributed by atoms with Gasteiger partial charge in [-0.25, -0.2) is 4.79 Å². The van der Waals surface area contributed by atoms with Crippen LogP contribution in [0.15, 0.2) is 12.7 Å². The zero-order valence-electron chi connectivity index (χ0n) is 9.04. The summed E-state index contributed by atoms with van der Waals surface area (Å²) in [5, 5.41) is 12.5. The number of carbonyl (C=O) groups is 1. The second-order valence-electron chi connectivity index (χ2n) is 4.12. The van der Waals surface area contributed by atoms with Gasteiger partial charge in [-0.2, -0.15) is 0 Å². The SMILES string of the molecule is C=CC(=O)OCC(O)CNC(C)(C)C. The molecule has 0 spiro atoms. The average Bonchev–Trinajstić information content (AvgIpc) is 2.09. The Morgan fingerprint density at radius 2 is 2.21 bits per heavy atom. The highest BCUT2D eigenvalue weighted by Crippen LogP contribution is 1.98. The van der Waals surface area contributed by atoms with Crippen LogP contribution in [0.25, 0.3) is 0 Å². The number of rotatable bonds is 5. The van der Waals surface area contributed by atoms with Crippen LogP contribution < -0.4 is 5.32 Å². The van der Waals surface area contributed by atoms with Gasteiger partial charge in [-0.1, -0.05) is 6.58 Å². The number of hydrogen-bond donors (Lipinski definition) is 2. The summed E-state index contributed by atoms with van der Waals surface area (Å²) in [4.78, 5) is 10.6. The number of ether oxygens (including phenoxy) is 1. The molecule has 0 aromatic rings. The number of nitrogens with one attached hydrogen (secondary N) is 1. The van der Waals surface area contributed by atoms with Crippen LogP contribution in [0.4, 0.5) is 0 Å². The summed E-state index contributed by atoms with van der Waals surface area (Å²) in [6.07, 6.45) is 0.391. The Labute approximate surface area is 85.0 Å². The van der Waals surface area contributed by atoms with E-state index in [1.165, 1.54) is 0 Å².